The quantitative estimate of drug-likeness (QED) is 0.611. The van der Waals surface area contributed by atoms with Crippen LogP contribution in [0.4, 0.5) is 10.1 Å². The van der Waals surface area contributed by atoms with Crippen LogP contribution in [0.5, 0.6) is 0 Å². The Morgan fingerprint density at radius 1 is 1.45 bits per heavy atom. The molecule has 0 unspecified atom stereocenters. The summed E-state index contributed by atoms with van der Waals surface area (Å²) in [4.78, 5) is 3.99. The normalized spacial score (nSPS) is 10.6. The molecule has 2 rings (SSSR count). The third kappa shape index (κ3) is 0.952. The fourth-order valence-electron chi connectivity index (χ4n) is 0.958. The molecule has 2 aromatic rings. The molecule has 0 fully saturated rings. The van der Waals surface area contributed by atoms with Crippen LogP contribution < -0.4 is 5.73 Å². The number of fused-ring (bicyclic) bond motifs is 1. The van der Waals surface area contributed by atoms with E-state index < -0.39 is 0 Å². The van der Waals surface area contributed by atoms with Gasteiger partial charge >= 0.3 is 0 Å². The second-order valence-electron chi connectivity index (χ2n) is 2.19. The van der Waals surface area contributed by atoms with E-state index in [4.69, 9.17) is 5.73 Å². The first-order valence-electron chi connectivity index (χ1n) is 3.05. The minimum absolute atomic E-state index is 0.306. The molecule has 0 atom stereocenters. The monoisotopic (exact) mass is 168 g/mol. The standard InChI is InChI=1S/C7H5FN2S/c8-4-1-5(9)7-6(2-4)11-3-10-7/h1-3H,9H2. The van der Waals surface area contributed by atoms with Crippen LogP contribution in [-0.2, 0) is 0 Å². The highest BCUT2D eigenvalue weighted by atomic mass is 32.1. The van der Waals surface area contributed by atoms with Gasteiger partial charge in [-0.3, -0.25) is 0 Å². The molecule has 1 aromatic carbocycles. The Morgan fingerprint density at radius 2 is 2.27 bits per heavy atom. The molecule has 0 bridgehead atoms. The van der Waals surface area contributed by atoms with Gasteiger partial charge in [-0.2, -0.15) is 0 Å². The first-order chi connectivity index (χ1) is 5.27. The SMILES string of the molecule is Nc1cc(F)cc2scnc12. The predicted octanol–water partition coefficient (Wildman–Crippen LogP) is 2.02. The topological polar surface area (TPSA) is 38.9 Å². The molecule has 56 valence electrons. The van der Waals surface area contributed by atoms with E-state index in [9.17, 15) is 4.39 Å². The summed E-state index contributed by atoms with van der Waals surface area (Å²) in [7, 11) is 0. The molecule has 2 nitrogen and oxygen atoms in total. The lowest BCUT2D eigenvalue weighted by molar-refractivity contribution is 0.630. The number of hydrogen-bond acceptors (Lipinski definition) is 3. The zero-order valence-corrected chi connectivity index (χ0v) is 6.36. The fraction of sp³-hybridized carbons (Fsp3) is 0. The van der Waals surface area contributed by atoms with E-state index in [1.54, 1.807) is 5.51 Å². The number of hydrogen-bond donors (Lipinski definition) is 1. The van der Waals surface area contributed by atoms with Gasteiger partial charge in [-0.05, 0) is 12.1 Å². The Kier molecular flexibility index (Phi) is 1.29. The number of nitrogens with zero attached hydrogens (tertiary/aromatic N) is 1. The van der Waals surface area contributed by atoms with E-state index in [0.29, 0.717) is 11.2 Å². The van der Waals surface area contributed by atoms with Crippen LogP contribution in [-0.4, -0.2) is 4.98 Å². The molecule has 2 N–H and O–H groups in total. The Morgan fingerprint density at radius 3 is 3.09 bits per heavy atom. The summed E-state index contributed by atoms with van der Waals surface area (Å²) < 4.78 is 13.5. The Hall–Kier alpha value is -1.16. The van der Waals surface area contributed by atoms with Crippen molar-refractivity contribution < 1.29 is 4.39 Å². The number of rotatable bonds is 0. The number of aromatic nitrogens is 1. The maximum absolute atomic E-state index is 12.7. The molecular formula is C7H5FN2S. The Balaban J connectivity index is 2.91. The van der Waals surface area contributed by atoms with Crippen molar-refractivity contribution in [3.8, 4) is 0 Å². The molecule has 0 saturated heterocycles. The van der Waals surface area contributed by atoms with Crippen LogP contribution in [0.15, 0.2) is 17.6 Å². The van der Waals surface area contributed by atoms with Crippen molar-refractivity contribution in [3.05, 3.63) is 23.5 Å². The van der Waals surface area contributed by atoms with Crippen LogP contribution in [0.25, 0.3) is 10.2 Å². The van der Waals surface area contributed by atoms with Crippen LogP contribution in [0.1, 0.15) is 0 Å². The third-order valence-corrected chi connectivity index (χ3v) is 2.21. The van der Waals surface area contributed by atoms with Gasteiger partial charge in [0.1, 0.15) is 11.3 Å². The average Bonchev–Trinajstić information content (AvgIpc) is 2.34. The van der Waals surface area contributed by atoms with Crippen molar-refractivity contribution in [2.24, 2.45) is 0 Å². The van der Waals surface area contributed by atoms with Crippen molar-refractivity contribution >= 4 is 27.2 Å². The van der Waals surface area contributed by atoms with E-state index >= 15 is 0 Å². The maximum atomic E-state index is 12.7. The lowest BCUT2D eigenvalue weighted by atomic mass is 10.3. The Labute approximate surface area is 66.5 Å². The van der Waals surface area contributed by atoms with E-state index in [2.05, 4.69) is 4.98 Å². The summed E-state index contributed by atoms with van der Waals surface area (Å²) in [6.45, 7) is 0. The van der Waals surface area contributed by atoms with Crippen molar-refractivity contribution in [3.63, 3.8) is 0 Å². The maximum Gasteiger partial charge on any atom is 0.126 e. The zero-order valence-electron chi connectivity index (χ0n) is 5.54. The highest BCUT2D eigenvalue weighted by molar-refractivity contribution is 7.16. The van der Waals surface area contributed by atoms with Gasteiger partial charge in [0.25, 0.3) is 0 Å². The molecule has 0 aliphatic rings. The van der Waals surface area contributed by atoms with Crippen molar-refractivity contribution in [1.82, 2.24) is 4.98 Å². The second kappa shape index (κ2) is 2.17. The summed E-state index contributed by atoms with van der Waals surface area (Å²) >= 11 is 1.38. The minimum atomic E-state index is -0.306. The molecule has 0 saturated carbocycles. The van der Waals surface area contributed by atoms with E-state index in [1.807, 2.05) is 0 Å². The van der Waals surface area contributed by atoms with E-state index in [-0.39, 0.29) is 5.82 Å². The summed E-state index contributed by atoms with van der Waals surface area (Å²) in [6.07, 6.45) is 0. The molecule has 0 amide bonds. The second-order valence-corrected chi connectivity index (χ2v) is 3.08. The number of halogens is 1. The number of benzene rings is 1. The van der Waals surface area contributed by atoms with Crippen molar-refractivity contribution in [2.45, 2.75) is 0 Å². The molecule has 11 heavy (non-hydrogen) atoms. The minimum Gasteiger partial charge on any atom is -0.397 e. The summed E-state index contributed by atoms with van der Waals surface area (Å²) in [6, 6.07) is 2.71. The van der Waals surface area contributed by atoms with Gasteiger partial charge in [-0.25, -0.2) is 9.37 Å². The third-order valence-electron chi connectivity index (χ3n) is 1.43. The first kappa shape index (κ1) is 6.54. The van der Waals surface area contributed by atoms with Gasteiger partial charge in [-0.1, -0.05) is 0 Å². The molecular weight excluding hydrogens is 163 g/mol. The lowest BCUT2D eigenvalue weighted by Gasteiger charge is -1.93. The molecule has 4 heteroatoms. The zero-order chi connectivity index (χ0) is 7.84. The molecule has 1 heterocycles. The summed E-state index contributed by atoms with van der Waals surface area (Å²) in [5.74, 6) is -0.306. The van der Waals surface area contributed by atoms with Gasteiger partial charge < -0.3 is 5.73 Å². The summed E-state index contributed by atoms with van der Waals surface area (Å²) in [5.41, 5.74) is 8.25. The lowest BCUT2D eigenvalue weighted by Crippen LogP contribution is -1.87. The smallest absolute Gasteiger partial charge is 0.126 e. The highest BCUT2D eigenvalue weighted by Crippen LogP contribution is 2.24. The Bertz CT molecular complexity index is 396. The van der Waals surface area contributed by atoms with Crippen LogP contribution in [0, 0.1) is 5.82 Å². The number of nitrogens with two attached hydrogens (primary N) is 1. The molecule has 0 radical (unpaired) electrons. The largest absolute Gasteiger partial charge is 0.397 e. The van der Waals surface area contributed by atoms with Gasteiger partial charge in [0, 0.05) is 0 Å². The number of nitrogen functional groups attached to an aromatic ring is 1. The highest BCUT2D eigenvalue weighted by Gasteiger charge is 2.02. The predicted molar refractivity (Wildman–Crippen MR) is 44.0 cm³/mol. The molecule has 1 aromatic heterocycles. The van der Waals surface area contributed by atoms with Crippen molar-refractivity contribution in [1.29, 1.82) is 0 Å². The van der Waals surface area contributed by atoms with E-state index in [0.717, 1.165) is 4.70 Å². The number of anilines is 1. The van der Waals surface area contributed by atoms with Crippen LogP contribution in [0.3, 0.4) is 0 Å². The van der Waals surface area contributed by atoms with Gasteiger partial charge in [0.2, 0.25) is 0 Å². The first-order valence-corrected chi connectivity index (χ1v) is 3.93. The fourth-order valence-corrected chi connectivity index (χ4v) is 1.69. The average molecular weight is 168 g/mol. The van der Waals surface area contributed by atoms with Crippen LogP contribution in [0.2, 0.25) is 0 Å². The van der Waals surface area contributed by atoms with Crippen molar-refractivity contribution in [2.75, 3.05) is 5.73 Å². The van der Waals surface area contributed by atoms with Gasteiger partial charge in [0.15, 0.2) is 0 Å². The van der Waals surface area contributed by atoms with Crippen LogP contribution >= 0.6 is 11.3 Å². The summed E-state index contributed by atoms with van der Waals surface area (Å²) in [5, 5.41) is 0. The van der Waals surface area contributed by atoms with Gasteiger partial charge in [-0.15, -0.1) is 11.3 Å². The molecule has 0 spiro atoms. The molecule has 0 aliphatic heterocycles. The molecule has 0 aliphatic carbocycles. The van der Waals surface area contributed by atoms with Gasteiger partial charge in [0.05, 0.1) is 15.9 Å². The van der Waals surface area contributed by atoms with E-state index in [1.165, 1.54) is 23.5 Å². The number of thiazole rings is 1.